The molecule has 0 radical (unpaired) electrons. The molecule has 1 aliphatic heterocycles. The van der Waals surface area contributed by atoms with Crippen LogP contribution >= 0.6 is 15.9 Å². The normalized spacial score (nSPS) is 28.8. The predicted octanol–water partition coefficient (Wildman–Crippen LogP) is 2.67. The Kier molecular flexibility index (Phi) is 3.78. The molecule has 1 aliphatic carbocycles. The molecule has 102 valence electrons. The van der Waals surface area contributed by atoms with Gasteiger partial charge in [-0.2, -0.15) is 0 Å². The quantitative estimate of drug-likeness (QED) is 0.868. The van der Waals surface area contributed by atoms with Crippen molar-refractivity contribution in [1.82, 2.24) is 5.32 Å². The van der Waals surface area contributed by atoms with Gasteiger partial charge < -0.3 is 10.1 Å². The first-order chi connectivity index (χ1) is 9.22. The second-order valence-corrected chi connectivity index (χ2v) is 6.73. The van der Waals surface area contributed by atoms with Gasteiger partial charge in [-0.25, -0.2) is 0 Å². The Morgan fingerprint density at radius 3 is 2.95 bits per heavy atom. The van der Waals surface area contributed by atoms with Gasteiger partial charge in [0.25, 0.3) is 5.91 Å². The van der Waals surface area contributed by atoms with Gasteiger partial charge in [0, 0.05) is 17.8 Å². The minimum absolute atomic E-state index is 0.0224. The fourth-order valence-corrected chi connectivity index (χ4v) is 3.68. The highest BCUT2D eigenvalue weighted by Crippen LogP contribution is 2.31. The molecule has 1 aromatic rings. The lowest BCUT2D eigenvalue weighted by atomic mass is 10.1. The molecule has 1 fully saturated rings. The van der Waals surface area contributed by atoms with Crippen LogP contribution in [0.25, 0.3) is 0 Å². The van der Waals surface area contributed by atoms with Crippen molar-refractivity contribution in [3.8, 4) is 5.75 Å². The van der Waals surface area contributed by atoms with Gasteiger partial charge in [0.15, 0.2) is 6.10 Å². The molecular weight excluding hydrogens is 306 g/mol. The Bertz CT molecular complexity index is 452. The van der Waals surface area contributed by atoms with Crippen LogP contribution in [0.15, 0.2) is 24.3 Å². The van der Waals surface area contributed by atoms with E-state index in [2.05, 4.69) is 21.2 Å². The van der Waals surface area contributed by atoms with Crippen LogP contribution in [-0.4, -0.2) is 23.4 Å². The van der Waals surface area contributed by atoms with Crippen LogP contribution in [0.1, 0.15) is 24.8 Å². The highest BCUT2D eigenvalue weighted by Gasteiger charge is 2.30. The first-order valence-electron chi connectivity index (χ1n) is 6.88. The number of hydrogen-bond donors (Lipinski definition) is 1. The van der Waals surface area contributed by atoms with Crippen molar-refractivity contribution in [1.29, 1.82) is 0 Å². The number of hydrogen-bond acceptors (Lipinski definition) is 2. The smallest absolute Gasteiger partial charge is 0.261 e. The Balaban J connectivity index is 1.50. The molecule has 0 spiro atoms. The second kappa shape index (κ2) is 5.53. The number of para-hydroxylation sites is 1. The molecule has 1 N–H and O–H groups in total. The highest BCUT2D eigenvalue weighted by molar-refractivity contribution is 9.09. The predicted molar refractivity (Wildman–Crippen MR) is 77.6 cm³/mol. The number of amides is 1. The fraction of sp³-hybridized carbons (Fsp3) is 0.533. The summed E-state index contributed by atoms with van der Waals surface area (Å²) in [7, 11) is 0. The van der Waals surface area contributed by atoms with Crippen molar-refractivity contribution in [2.75, 3.05) is 6.54 Å². The minimum atomic E-state index is -0.349. The Labute approximate surface area is 121 Å². The van der Waals surface area contributed by atoms with E-state index in [-0.39, 0.29) is 12.0 Å². The van der Waals surface area contributed by atoms with E-state index in [1.54, 1.807) is 0 Å². The zero-order valence-corrected chi connectivity index (χ0v) is 12.4. The number of carbonyl (C=O) groups is 1. The first kappa shape index (κ1) is 13.0. The van der Waals surface area contributed by atoms with Crippen molar-refractivity contribution in [2.45, 2.75) is 36.6 Å². The summed E-state index contributed by atoms with van der Waals surface area (Å²) < 4.78 is 5.68. The zero-order chi connectivity index (χ0) is 13.2. The van der Waals surface area contributed by atoms with Crippen molar-refractivity contribution in [3.05, 3.63) is 29.8 Å². The molecule has 2 aliphatic rings. The van der Waals surface area contributed by atoms with E-state index in [4.69, 9.17) is 4.74 Å². The molecule has 1 heterocycles. The number of halogens is 1. The van der Waals surface area contributed by atoms with Crippen LogP contribution in [0.4, 0.5) is 0 Å². The lowest BCUT2D eigenvalue weighted by Gasteiger charge is -2.14. The summed E-state index contributed by atoms with van der Waals surface area (Å²) in [4.78, 5) is 12.7. The molecule has 0 saturated heterocycles. The van der Waals surface area contributed by atoms with Gasteiger partial charge in [0.1, 0.15) is 5.75 Å². The van der Waals surface area contributed by atoms with Gasteiger partial charge in [0.05, 0.1) is 0 Å². The van der Waals surface area contributed by atoms with Gasteiger partial charge in [-0.15, -0.1) is 0 Å². The standard InChI is InChI=1S/C15H18BrNO2/c16-12-6-5-10(7-12)9-17-15(18)14-8-11-3-1-2-4-13(11)19-14/h1-4,10,12,14H,5-9H2,(H,17,18). The van der Waals surface area contributed by atoms with E-state index >= 15 is 0 Å². The number of alkyl halides is 1. The SMILES string of the molecule is O=C(NCC1CCC(Br)C1)C1Cc2ccccc2O1. The average Bonchev–Trinajstić information content (AvgIpc) is 3.01. The Morgan fingerprint density at radius 2 is 2.21 bits per heavy atom. The molecule has 3 unspecified atom stereocenters. The average molecular weight is 324 g/mol. The molecule has 1 amide bonds. The third-order valence-electron chi connectivity index (χ3n) is 3.98. The Hall–Kier alpha value is -1.03. The maximum absolute atomic E-state index is 12.1. The van der Waals surface area contributed by atoms with Gasteiger partial charge in [-0.05, 0) is 36.8 Å². The van der Waals surface area contributed by atoms with Crippen LogP contribution in [0.5, 0.6) is 5.75 Å². The van der Waals surface area contributed by atoms with E-state index in [0.717, 1.165) is 24.3 Å². The van der Waals surface area contributed by atoms with Gasteiger partial charge in [-0.1, -0.05) is 34.1 Å². The summed E-state index contributed by atoms with van der Waals surface area (Å²) >= 11 is 3.63. The topological polar surface area (TPSA) is 38.3 Å². The number of ether oxygens (including phenoxy) is 1. The number of rotatable bonds is 3. The monoisotopic (exact) mass is 323 g/mol. The molecule has 3 atom stereocenters. The van der Waals surface area contributed by atoms with E-state index in [1.165, 1.54) is 12.8 Å². The van der Waals surface area contributed by atoms with Crippen LogP contribution in [0.2, 0.25) is 0 Å². The summed E-state index contributed by atoms with van der Waals surface area (Å²) in [5.74, 6) is 1.48. The van der Waals surface area contributed by atoms with E-state index in [9.17, 15) is 4.79 Å². The number of carbonyl (C=O) groups excluding carboxylic acids is 1. The largest absolute Gasteiger partial charge is 0.480 e. The molecule has 3 nitrogen and oxygen atoms in total. The molecule has 4 heteroatoms. The number of nitrogens with one attached hydrogen (secondary N) is 1. The molecule has 19 heavy (non-hydrogen) atoms. The van der Waals surface area contributed by atoms with Crippen molar-refractivity contribution >= 4 is 21.8 Å². The van der Waals surface area contributed by atoms with Crippen LogP contribution < -0.4 is 10.1 Å². The lowest BCUT2D eigenvalue weighted by Crippen LogP contribution is -2.39. The maximum atomic E-state index is 12.1. The van der Waals surface area contributed by atoms with Crippen molar-refractivity contribution < 1.29 is 9.53 Å². The van der Waals surface area contributed by atoms with Gasteiger partial charge in [0.2, 0.25) is 0 Å². The van der Waals surface area contributed by atoms with Crippen LogP contribution in [0.3, 0.4) is 0 Å². The van der Waals surface area contributed by atoms with Crippen LogP contribution in [0, 0.1) is 5.92 Å². The summed E-state index contributed by atoms with van der Waals surface area (Å²) in [6.45, 7) is 0.775. The molecule has 1 saturated carbocycles. The van der Waals surface area contributed by atoms with Crippen LogP contribution in [-0.2, 0) is 11.2 Å². The van der Waals surface area contributed by atoms with Crippen molar-refractivity contribution in [3.63, 3.8) is 0 Å². The summed E-state index contributed by atoms with van der Waals surface area (Å²) in [5.41, 5.74) is 1.13. The molecular formula is C15H18BrNO2. The maximum Gasteiger partial charge on any atom is 0.261 e. The third-order valence-corrected chi connectivity index (χ3v) is 4.81. The fourth-order valence-electron chi connectivity index (χ4n) is 2.89. The van der Waals surface area contributed by atoms with Gasteiger partial charge in [-0.3, -0.25) is 4.79 Å². The second-order valence-electron chi connectivity index (χ2n) is 5.44. The zero-order valence-electron chi connectivity index (χ0n) is 10.8. The molecule has 0 bridgehead atoms. The lowest BCUT2D eigenvalue weighted by molar-refractivity contribution is -0.127. The summed E-state index contributed by atoms with van der Waals surface area (Å²) in [6.07, 6.45) is 3.91. The third kappa shape index (κ3) is 2.94. The Morgan fingerprint density at radius 1 is 1.37 bits per heavy atom. The number of fused-ring (bicyclic) bond motifs is 1. The first-order valence-corrected chi connectivity index (χ1v) is 7.80. The van der Waals surface area contributed by atoms with Crippen molar-refractivity contribution in [2.24, 2.45) is 5.92 Å². The summed E-state index contributed by atoms with van der Waals surface area (Å²) in [6, 6.07) is 7.87. The molecule has 1 aromatic carbocycles. The minimum Gasteiger partial charge on any atom is -0.480 e. The van der Waals surface area contributed by atoms with E-state index in [1.807, 2.05) is 24.3 Å². The molecule has 0 aromatic heterocycles. The molecule has 3 rings (SSSR count). The number of benzene rings is 1. The summed E-state index contributed by atoms with van der Waals surface area (Å²) in [5, 5.41) is 3.04. The highest BCUT2D eigenvalue weighted by atomic mass is 79.9. The van der Waals surface area contributed by atoms with Gasteiger partial charge >= 0.3 is 0 Å². The van der Waals surface area contributed by atoms with E-state index in [0.29, 0.717) is 17.2 Å². The van der Waals surface area contributed by atoms with E-state index < -0.39 is 0 Å².